The van der Waals surface area contributed by atoms with Crippen LogP contribution >= 0.6 is 0 Å². The van der Waals surface area contributed by atoms with Gasteiger partial charge in [0.15, 0.2) is 6.10 Å². The lowest BCUT2D eigenvalue weighted by Gasteiger charge is -2.09. The second kappa shape index (κ2) is 7.01. The van der Waals surface area contributed by atoms with Crippen LogP contribution in [0.25, 0.3) is 11.5 Å². The molecule has 2 aromatic carbocycles. The number of nitro benzene ring substituents is 1. The molecule has 1 N–H and O–H groups in total. The number of non-ortho nitro benzene ring substituents is 1. The summed E-state index contributed by atoms with van der Waals surface area (Å²) in [6.07, 6.45) is -0.796. The third kappa shape index (κ3) is 3.66. The quantitative estimate of drug-likeness (QED) is 0.419. The molecule has 0 fully saturated rings. The second-order valence-electron chi connectivity index (χ2n) is 5.34. The Labute approximate surface area is 147 Å². The van der Waals surface area contributed by atoms with Crippen LogP contribution in [-0.2, 0) is 4.74 Å². The van der Waals surface area contributed by atoms with Gasteiger partial charge in [0.25, 0.3) is 11.6 Å². The molecule has 26 heavy (non-hydrogen) atoms. The summed E-state index contributed by atoms with van der Waals surface area (Å²) in [6, 6.07) is 11.2. The number of aromatic nitrogens is 2. The maximum atomic E-state index is 12.1. The Morgan fingerprint density at radius 1 is 1.15 bits per heavy atom. The van der Waals surface area contributed by atoms with E-state index in [2.05, 4.69) is 10.2 Å². The Kier molecular flexibility index (Phi) is 4.61. The van der Waals surface area contributed by atoms with Crippen LogP contribution in [0.4, 0.5) is 5.69 Å². The van der Waals surface area contributed by atoms with E-state index in [0.717, 1.165) is 0 Å². The van der Waals surface area contributed by atoms with Gasteiger partial charge in [-0.3, -0.25) is 10.1 Å². The molecule has 0 spiro atoms. The van der Waals surface area contributed by atoms with Crippen molar-refractivity contribution in [3.05, 3.63) is 70.1 Å². The summed E-state index contributed by atoms with van der Waals surface area (Å²) in [7, 11) is 0. The van der Waals surface area contributed by atoms with Crippen molar-refractivity contribution >= 4 is 11.7 Å². The van der Waals surface area contributed by atoms with Gasteiger partial charge in [-0.25, -0.2) is 4.79 Å². The minimum absolute atomic E-state index is 0.0410. The van der Waals surface area contributed by atoms with Gasteiger partial charge in [-0.1, -0.05) is 0 Å². The number of esters is 1. The van der Waals surface area contributed by atoms with E-state index in [1.54, 1.807) is 6.92 Å². The smallest absolute Gasteiger partial charge is 0.338 e. The summed E-state index contributed by atoms with van der Waals surface area (Å²) in [6.45, 7) is 1.57. The minimum Gasteiger partial charge on any atom is -0.508 e. The molecule has 9 nitrogen and oxygen atoms in total. The van der Waals surface area contributed by atoms with Gasteiger partial charge >= 0.3 is 5.97 Å². The molecule has 1 atom stereocenters. The maximum Gasteiger partial charge on any atom is 0.338 e. The number of benzene rings is 2. The van der Waals surface area contributed by atoms with Crippen LogP contribution in [-0.4, -0.2) is 26.2 Å². The highest BCUT2D eigenvalue weighted by atomic mass is 16.6. The number of nitro groups is 1. The summed E-state index contributed by atoms with van der Waals surface area (Å²) in [4.78, 5) is 22.2. The number of aromatic hydroxyl groups is 1. The maximum absolute atomic E-state index is 12.1. The normalized spacial score (nSPS) is 11.7. The first-order chi connectivity index (χ1) is 12.4. The predicted molar refractivity (Wildman–Crippen MR) is 88.3 cm³/mol. The topological polar surface area (TPSA) is 129 Å². The zero-order chi connectivity index (χ0) is 18.7. The average Bonchev–Trinajstić information content (AvgIpc) is 3.12. The molecule has 0 amide bonds. The predicted octanol–water partition coefficient (Wildman–Crippen LogP) is 3.27. The van der Waals surface area contributed by atoms with Gasteiger partial charge in [-0.05, 0) is 43.3 Å². The molecule has 0 aliphatic rings. The second-order valence-corrected chi connectivity index (χ2v) is 5.34. The number of phenols is 1. The first kappa shape index (κ1) is 17.1. The van der Waals surface area contributed by atoms with Gasteiger partial charge in [0.05, 0.1) is 10.5 Å². The van der Waals surface area contributed by atoms with Crippen molar-refractivity contribution in [2.75, 3.05) is 0 Å². The number of phenolic OH excluding ortho intramolecular Hbond substituents is 1. The number of carbonyl (C=O) groups is 1. The van der Waals surface area contributed by atoms with Gasteiger partial charge in [-0.15, -0.1) is 10.2 Å². The van der Waals surface area contributed by atoms with Crippen LogP contribution in [0, 0.1) is 10.1 Å². The van der Waals surface area contributed by atoms with Crippen LogP contribution in [0.15, 0.2) is 52.9 Å². The molecular formula is C17H13N3O6. The molecule has 0 aliphatic carbocycles. The number of hydrogen-bond donors (Lipinski definition) is 1. The van der Waals surface area contributed by atoms with E-state index >= 15 is 0 Å². The Bertz CT molecular complexity index is 934. The third-order valence-corrected chi connectivity index (χ3v) is 3.50. The van der Waals surface area contributed by atoms with Crippen LogP contribution in [0.5, 0.6) is 5.75 Å². The summed E-state index contributed by atoms with van der Waals surface area (Å²) < 4.78 is 10.7. The van der Waals surface area contributed by atoms with Crippen molar-refractivity contribution in [3.63, 3.8) is 0 Å². The van der Waals surface area contributed by atoms with Crippen molar-refractivity contribution in [2.24, 2.45) is 0 Å². The average molecular weight is 355 g/mol. The van der Waals surface area contributed by atoms with Crippen molar-refractivity contribution in [1.29, 1.82) is 0 Å². The lowest BCUT2D eigenvalue weighted by molar-refractivity contribution is -0.384. The van der Waals surface area contributed by atoms with Crippen molar-refractivity contribution in [3.8, 4) is 17.2 Å². The summed E-state index contributed by atoms with van der Waals surface area (Å²) in [5.41, 5.74) is 0.723. The van der Waals surface area contributed by atoms with Gasteiger partial charge < -0.3 is 14.3 Å². The standard InChI is InChI=1S/C17H13N3O6/c1-10(25-17(22)12-4-8-14(21)9-5-12)15-18-19-16(26-15)11-2-6-13(7-3-11)20(23)24/h2-10,21H,1H3/t10-/m1/s1. The fourth-order valence-electron chi connectivity index (χ4n) is 2.12. The van der Waals surface area contributed by atoms with Gasteiger partial charge in [0, 0.05) is 17.7 Å². The lowest BCUT2D eigenvalue weighted by atomic mass is 10.2. The summed E-state index contributed by atoms with van der Waals surface area (Å²) >= 11 is 0. The largest absolute Gasteiger partial charge is 0.508 e. The van der Waals surface area contributed by atoms with E-state index in [9.17, 15) is 20.0 Å². The molecule has 0 bridgehead atoms. The Balaban J connectivity index is 1.71. The number of ether oxygens (including phenoxy) is 1. The molecule has 0 saturated heterocycles. The number of hydrogen-bond acceptors (Lipinski definition) is 8. The highest BCUT2D eigenvalue weighted by Crippen LogP contribution is 2.25. The van der Waals surface area contributed by atoms with Gasteiger partial charge in [0.2, 0.25) is 5.89 Å². The molecule has 132 valence electrons. The van der Waals surface area contributed by atoms with Crippen molar-refractivity contribution in [1.82, 2.24) is 10.2 Å². The Hall–Kier alpha value is -3.75. The zero-order valence-electron chi connectivity index (χ0n) is 13.5. The number of carbonyl (C=O) groups excluding carboxylic acids is 1. The molecular weight excluding hydrogens is 342 g/mol. The fourth-order valence-corrected chi connectivity index (χ4v) is 2.12. The summed E-state index contributed by atoms with van der Waals surface area (Å²) in [5.74, 6) is -0.320. The van der Waals surface area contributed by atoms with E-state index in [4.69, 9.17) is 9.15 Å². The van der Waals surface area contributed by atoms with Crippen LogP contribution in [0.2, 0.25) is 0 Å². The fraction of sp³-hybridized carbons (Fsp3) is 0.118. The van der Waals surface area contributed by atoms with Gasteiger partial charge in [0.1, 0.15) is 5.75 Å². The molecule has 1 heterocycles. The molecule has 0 aliphatic heterocycles. The number of rotatable bonds is 5. The first-order valence-corrected chi connectivity index (χ1v) is 7.52. The van der Waals surface area contributed by atoms with E-state index in [0.29, 0.717) is 5.56 Å². The van der Waals surface area contributed by atoms with E-state index in [1.807, 2.05) is 0 Å². The van der Waals surface area contributed by atoms with E-state index in [-0.39, 0.29) is 28.8 Å². The zero-order valence-corrected chi connectivity index (χ0v) is 13.5. The monoisotopic (exact) mass is 355 g/mol. The lowest BCUT2D eigenvalue weighted by Crippen LogP contribution is -2.09. The highest BCUT2D eigenvalue weighted by molar-refractivity contribution is 5.89. The Morgan fingerprint density at radius 3 is 2.42 bits per heavy atom. The molecule has 3 aromatic rings. The molecule has 0 radical (unpaired) electrons. The third-order valence-electron chi connectivity index (χ3n) is 3.50. The van der Waals surface area contributed by atoms with Crippen LogP contribution in [0.1, 0.15) is 29.3 Å². The Morgan fingerprint density at radius 2 is 1.81 bits per heavy atom. The SMILES string of the molecule is C[C@@H](OC(=O)c1ccc(O)cc1)c1nnc(-c2ccc([N+](=O)[O-])cc2)o1. The van der Waals surface area contributed by atoms with E-state index in [1.165, 1.54) is 48.5 Å². The van der Waals surface area contributed by atoms with Crippen molar-refractivity contribution < 1.29 is 24.0 Å². The number of nitrogens with zero attached hydrogens (tertiary/aromatic N) is 3. The molecule has 1 aromatic heterocycles. The van der Waals surface area contributed by atoms with Crippen molar-refractivity contribution in [2.45, 2.75) is 13.0 Å². The van der Waals surface area contributed by atoms with Gasteiger partial charge in [-0.2, -0.15) is 0 Å². The van der Waals surface area contributed by atoms with Crippen LogP contribution < -0.4 is 0 Å². The molecule has 3 rings (SSSR count). The molecule has 9 heteroatoms. The highest BCUT2D eigenvalue weighted by Gasteiger charge is 2.20. The van der Waals surface area contributed by atoms with E-state index < -0.39 is 17.0 Å². The molecule has 0 saturated carbocycles. The summed E-state index contributed by atoms with van der Waals surface area (Å²) in [5, 5.41) is 27.6. The first-order valence-electron chi connectivity index (χ1n) is 7.52. The van der Waals surface area contributed by atoms with Crippen LogP contribution in [0.3, 0.4) is 0 Å². The molecule has 0 unspecified atom stereocenters. The minimum atomic E-state index is -0.796.